The monoisotopic (exact) mass is 238 g/mol. The van der Waals surface area contributed by atoms with Crippen molar-refractivity contribution in [2.24, 2.45) is 0 Å². The second-order valence-corrected chi connectivity index (χ2v) is 3.64. The fraction of sp³-hybridized carbons (Fsp3) is 0.333. The smallest absolute Gasteiger partial charge is 0.224 e. The van der Waals surface area contributed by atoms with Crippen molar-refractivity contribution in [3.05, 3.63) is 24.0 Å². The number of nitrogens with one attached hydrogen (secondary N) is 1. The summed E-state index contributed by atoms with van der Waals surface area (Å²) in [5, 5.41) is 2.56. The molecule has 1 N–H and O–H groups in total. The van der Waals surface area contributed by atoms with Crippen molar-refractivity contribution in [3.63, 3.8) is 0 Å². The summed E-state index contributed by atoms with van der Waals surface area (Å²) in [6.45, 7) is 3.10. The maximum absolute atomic E-state index is 13.1. The number of carbonyl (C=O) groups is 2. The van der Waals surface area contributed by atoms with Gasteiger partial charge in [-0.15, -0.1) is 0 Å². The van der Waals surface area contributed by atoms with Crippen LogP contribution in [0.2, 0.25) is 0 Å². The lowest BCUT2D eigenvalue weighted by molar-refractivity contribution is -0.117. The highest BCUT2D eigenvalue weighted by molar-refractivity contribution is 5.99. The van der Waals surface area contributed by atoms with E-state index in [-0.39, 0.29) is 11.8 Å². The fourth-order valence-electron chi connectivity index (χ4n) is 1.31. The van der Waals surface area contributed by atoms with Gasteiger partial charge in [0.05, 0.1) is 11.4 Å². The summed E-state index contributed by atoms with van der Waals surface area (Å²) in [6.07, 6.45) is 0.291. The highest BCUT2D eigenvalue weighted by atomic mass is 19.1. The Morgan fingerprint density at radius 1 is 1.41 bits per heavy atom. The molecule has 0 saturated carbocycles. The van der Waals surface area contributed by atoms with Crippen LogP contribution in [0, 0.1) is 5.82 Å². The van der Waals surface area contributed by atoms with Gasteiger partial charge in [-0.05, 0) is 18.2 Å². The molecule has 0 radical (unpaired) electrons. The third-order valence-electron chi connectivity index (χ3n) is 2.39. The van der Waals surface area contributed by atoms with E-state index in [1.807, 2.05) is 0 Å². The van der Waals surface area contributed by atoms with E-state index in [1.165, 1.54) is 30.0 Å². The van der Waals surface area contributed by atoms with Gasteiger partial charge >= 0.3 is 0 Å². The van der Waals surface area contributed by atoms with Gasteiger partial charge in [0.25, 0.3) is 0 Å². The van der Waals surface area contributed by atoms with Crippen molar-refractivity contribution in [1.29, 1.82) is 0 Å². The predicted octanol–water partition coefficient (Wildman–Crippen LogP) is 2.16. The summed E-state index contributed by atoms with van der Waals surface area (Å²) in [5.41, 5.74) is 0.773. The van der Waals surface area contributed by atoms with Crippen LogP contribution in [0.5, 0.6) is 0 Å². The van der Waals surface area contributed by atoms with Crippen molar-refractivity contribution in [2.75, 3.05) is 17.3 Å². The third kappa shape index (κ3) is 3.27. The average Bonchev–Trinajstić information content (AvgIpc) is 2.28. The molecular weight excluding hydrogens is 223 g/mol. The molecule has 0 atom stereocenters. The summed E-state index contributed by atoms with van der Waals surface area (Å²) in [4.78, 5) is 23.9. The van der Waals surface area contributed by atoms with E-state index in [0.717, 1.165) is 0 Å². The normalized spacial score (nSPS) is 9.88. The molecule has 92 valence electrons. The van der Waals surface area contributed by atoms with E-state index >= 15 is 0 Å². The number of amides is 2. The predicted molar refractivity (Wildman–Crippen MR) is 64.4 cm³/mol. The number of rotatable bonds is 3. The van der Waals surface area contributed by atoms with Gasteiger partial charge in [-0.2, -0.15) is 0 Å². The molecule has 17 heavy (non-hydrogen) atoms. The quantitative estimate of drug-likeness (QED) is 0.877. The first-order valence-electron chi connectivity index (χ1n) is 5.29. The average molecular weight is 238 g/mol. The molecule has 0 aliphatic carbocycles. The minimum Gasteiger partial charge on any atom is -0.324 e. The van der Waals surface area contributed by atoms with Gasteiger partial charge in [0, 0.05) is 20.4 Å². The highest BCUT2D eigenvalue weighted by Crippen LogP contribution is 2.26. The molecule has 0 bridgehead atoms. The Hall–Kier alpha value is -1.91. The Bertz CT molecular complexity index is 446. The van der Waals surface area contributed by atoms with Gasteiger partial charge in [0.15, 0.2) is 0 Å². The second kappa shape index (κ2) is 5.43. The summed E-state index contributed by atoms with van der Waals surface area (Å²) < 4.78 is 13.1. The van der Waals surface area contributed by atoms with Crippen LogP contribution < -0.4 is 10.2 Å². The standard InChI is InChI=1S/C12H15FN2O2/c1-4-12(17)14-10-7-9(13)5-6-11(10)15(3)8(2)16/h5-7H,4H2,1-3H3,(H,14,17). The minimum absolute atomic E-state index is 0.191. The van der Waals surface area contributed by atoms with Gasteiger partial charge in [0.2, 0.25) is 11.8 Å². The first-order valence-corrected chi connectivity index (χ1v) is 5.29. The lowest BCUT2D eigenvalue weighted by Crippen LogP contribution is -2.24. The van der Waals surface area contributed by atoms with Crippen LogP contribution in [-0.2, 0) is 9.59 Å². The molecule has 2 amide bonds. The topological polar surface area (TPSA) is 49.4 Å². The van der Waals surface area contributed by atoms with Crippen molar-refractivity contribution >= 4 is 23.2 Å². The van der Waals surface area contributed by atoms with Crippen molar-refractivity contribution < 1.29 is 14.0 Å². The number of anilines is 2. The molecule has 1 rings (SSSR count). The Morgan fingerprint density at radius 3 is 2.59 bits per heavy atom. The molecule has 0 unspecified atom stereocenters. The molecular formula is C12H15FN2O2. The Labute approximate surface area is 99.4 Å². The largest absolute Gasteiger partial charge is 0.324 e. The van der Waals surface area contributed by atoms with E-state index in [9.17, 15) is 14.0 Å². The molecule has 1 aromatic rings. The molecule has 0 spiro atoms. The van der Waals surface area contributed by atoms with Crippen LogP contribution in [0.25, 0.3) is 0 Å². The fourth-order valence-corrected chi connectivity index (χ4v) is 1.31. The zero-order valence-corrected chi connectivity index (χ0v) is 10.1. The SMILES string of the molecule is CCC(=O)Nc1cc(F)ccc1N(C)C(C)=O. The van der Waals surface area contributed by atoms with E-state index in [0.29, 0.717) is 17.8 Å². The molecule has 0 aliphatic rings. The molecule has 0 aliphatic heterocycles. The number of benzene rings is 1. The van der Waals surface area contributed by atoms with Crippen LogP contribution >= 0.6 is 0 Å². The zero-order valence-electron chi connectivity index (χ0n) is 10.1. The van der Waals surface area contributed by atoms with Gasteiger partial charge in [-0.3, -0.25) is 9.59 Å². The molecule has 0 fully saturated rings. The number of nitrogens with zero attached hydrogens (tertiary/aromatic N) is 1. The van der Waals surface area contributed by atoms with Gasteiger partial charge < -0.3 is 10.2 Å². The van der Waals surface area contributed by atoms with E-state index in [1.54, 1.807) is 14.0 Å². The summed E-state index contributed by atoms with van der Waals surface area (Å²) in [6, 6.07) is 3.90. The molecule has 0 heterocycles. The molecule has 0 saturated heterocycles. The minimum atomic E-state index is -0.461. The third-order valence-corrected chi connectivity index (χ3v) is 2.39. The lowest BCUT2D eigenvalue weighted by Gasteiger charge is -2.19. The maximum atomic E-state index is 13.1. The summed E-state index contributed by atoms with van der Waals surface area (Å²) in [7, 11) is 1.57. The molecule has 1 aromatic carbocycles. The van der Waals surface area contributed by atoms with E-state index in [4.69, 9.17) is 0 Å². The maximum Gasteiger partial charge on any atom is 0.224 e. The number of carbonyl (C=O) groups excluding carboxylic acids is 2. The number of hydrogen-bond donors (Lipinski definition) is 1. The van der Waals surface area contributed by atoms with Crippen LogP contribution in [0.4, 0.5) is 15.8 Å². The van der Waals surface area contributed by atoms with Gasteiger partial charge in [0.1, 0.15) is 5.82 Å². The van der Waals surface area contributed by atoms with Crippen LogP contribution in [0.1, 0.15) is 20.3 Å². The summed E-state index contributed by atoms with van der Waals surface area (Å²) >= 11 is 0. The first kappa shape index (κ1) is 13.2. The van der Waals surface area contributed by atoms with Gasteiger partial charge in [-0.1, -0.05) is 6.92 Å². The van der Waals surface area contributed by atoms with Crippen LogP contribution in [0.3, 0.4) is 0 Å². The lowest BCUT2D eigenvalue weighted by atomic mass is 10.2. The van der Waals surface area contributed by atoms with Crippen LogP contribution in [-0.4, -0.2) is 18.9 Å². The molecule has 4 nitrogen and oxygen atoms in total. The Balaban J connectivity index is 3.11. The zero-order chi connectivity index (χ0) is 13.0. The number of halogens is 1. The Kier molecular flexibility index (Phi) is 4.20. The number of hydrogen-bond acceptors (Lipinski definition) is 2. The van der Waals surface area contributed by atoms with Crippen molar-refractivity contribution in [1.82, 2.24) is 0 Å². The molecule has 5 heteroatoms. The molecule has 0 aromatic heterocycles. The Morgan fingerprint density at radius 2 is 2.06 bits per heavy atom. The van der Waals surface area contributed by atoms with E-state index in [2.05, 4.69) is 5.32 Å². The summed E-state index contributed by atoms with van der Waals surface area (Å²) in [5.74, 6) is -0.880. The van der Waals surface area contributed by atoms with E-state index < -0.39 is 5.82 Å². The second-order valence-electron chi connectivity index (χ2n) is 3.64. The van der Waals surface area contributed by atoms with Crippen molar-refractivity contribution in [3.8, 4) is 0 Å². The highest BCUT2D eigenvalue weighted by Gasteiger charge is 2.13. The van der Waals surface area contributed by atoms with Gasteiger partial charge in [-0.25, -0.2) is 4.39 Å². The van der Waals surface area contributed by atoms with Crippen molar-refractivity contribution in [2.45, 2.75) is 20.3 Å². The van der Waals surface area contributed by atoms with Crippen LogP contribution in [0.15, 0.2) is 18.2 Å². The first-order chi connectivity index (χ1) is 7.95.